The second-order valence-corrected chi connectivity index (χ2v) is 6.90. The van der Waals surface area contributed by atoms with Crippen molar-refractivity contribution in [2.75, 3.05) is 26.7 Å². The summed E-state index contributed by atoms with van der Waals surface area (Å²) in [5, 5.41) is 3.84. The molecule has 2 fully saturated rings. The molecule has 0 aromatic carbocycles. The molecule has 0 saturated carbocycles. The summed E-state index contributed by atoms with van der Waals surface area (Å²) in [5.41, 5.74) is 0.720. The molecule has 0 bridgehead atoms. The third kappa shape index (κ3) is 3.09. The van der Waals surface area contributed by atoms with E-state index in [2.05, 4.69) is 10.1 Å². The molecule has 2 saturated heterocycles. The van der Waals surface area contributed by atoms with Crippen LogP contribution >= 0.6 is 0 Å². The summed E-state index contributed by atoms with van der Waals surface area (Å²) in [6, 6.07) is 5.70. The van der Waals surface area contributed by atoms with E-state index in [0.29, 0.717) is 18.2 Å². The molecule has 134 valence electrons. The van der Waals surface area contributed by atoms with Gasteiger partial charge in [0.15, 0.2) is 0 Å². The molecule has 4 rings (SSSR count). The van der Waals surface area contributed by atoms with Crippen LogP contribution in [0, 0.1) is 12.8 Å². The maximum absolute atomic E-state index is 12.9. The average molecular weight is 345 g/mol. The monoisotopic (exact) mass is 345 g/mol. The van der Waals surface area contributed by atoms with Crippen molar-refractivity contribution in [2.24, 2.45) is 5.92 Å². The summed E-state index contributed by atoms with van der Waals surface area (Å²) < 4.78 is 16.4. The number of nitrogens with zero attached hydrogens (tertiary/aromatic N) is 3. The Morgan fingerprint density at radius 3 is 3.00 bits per heavy atom. The molecule has 0 N–H and O–H groups in total. The zero-order chi connectivity index (χ0) is 17.4. The van der Waals surface area contributed by atoms with E-state index in [1.807, 2.05) is 24.0 Å². The van der Waals surface area contributed by atoms with Crippen LogP contribution in [0.2, 0.25) is 0 Å². The molecule has 25 heavy (non-hydrogen) atoms. The quantitative estimate of drug-likeness (QED) is 0.843. The number of hydrogen-bond donors (Lipinski definition) is 0. The fraction of sp³-hybridized carbons (Fsp3) is 0.556. The molecular formula is C18H23N3O4. The van der Waals surface area contributed by atoms with E-state index in [4.69, 9.17) is 13.7 Å². The van der Waals surface area contributed by atoms with E-state index < -0.39 is 0 Å². The summed E-state index contributed by atoms with van der Waals surface area (Å²) in [6.07, 6.45) is 2.70. The number of amides is 1. The number of piperidine rings is 1. The van der Waals surface area contributed by atoms with Crippen LogP contribution in [0.15, 0.2) is 33.4 Å². The van der Waals surface area contributed by atoms with Crippen molar-refractivity contribution in [3.05, 3.63) is 41.7 Å². The van der Waals surface area contributed by atoms with Gasteiger partial charge in [0.1, 0.15) is 5.76 Å². The van der Waals surface area contributed by atoms with Crippen molar-refractivity contribution in [2.45, 2.75) is 32.0 Å². The Morgan fingerprint density at radius 1 is 1.44 bits per heavy atom. The Hall–Kier alpha value is -2.12. The molecule has 7 nitrogen and oxygen atoms in total. The molecule has 7 heteroatoms. The van der Waals surface area contributed by atoms with Gasteiger partial charge in [-0.2, -0.15) is 0 Å². The molecule has 2 aliphatic heterocycles. The van der Waals surface area contributed by atoms with Crippen LogP contribution in [0.1, 0.15) is 28.4 Å². The maximum atomic E-state index is 12.9. The van der Waals surface area contributed by atoms with Crippen LogP contribution in [0.25, 0.3) is 0 Å². The van der Waals surface area contributed by atoms with Gasteiger partial charge in [0.25, 0.3) is 5.91 Å². The van der Waals surface area contributed by atoms with Crippen molar-refractivity contribution in [3.8, 4) is 0 Å². The lowest BCUT2D eigenvalue weighted by Crippen LogP contribution is -2.53. The number of methoxy groups -OCH3 is 1. The van der Waals surface area contributed by atoms with Gasteiger partial charge in [0.05, 0.1) is 30.6 Å². The van der Waals surface area contributed by atoms with Gasteiger partial charge in [0, 0.05) is 38.7 Å². The number of fused-ring (bicyclic) bond motifs is 1. The first-order valence-corrected chi connectivity index (χ1v) is 8.67. The minimum atomic E-state index is -0.0787. The number of hydrogen-bond acceptors (Lipinski definition) is 6. The Morgan fingerprint density at radius 2 is 2.32 bits per heavy atom. The summed E-state index contributed by atoms with van der Waals surface area (Å²) in [7, 11) is 1.76. The summed E-state index contributed by atoms with van der Waals surface area (Å²) in [4.78, 5) is 17.2. The van der Waals surface area contributed by atoms with Crippen LogP contribution in [0.4, 0.5) is 0 Å². The van der Waals surface area contributed by atoms with E-state index >= 15 is 0 Å². The SMILES string of the molecule is CO[C@@H]1CCN(C(=O)c2cc(C)no2)[C@H]2CN(Cc3ccco3)C[C@@H]12. The van der Waals surface area contributed by atoms with Gasteiger partial charge in [-0.3, -0.25) is 9.69 Å². The number of rotatable bonds is 4. The Bertz CT molecular complexity index is 727. The number of furan rings is 1. The summed E-state index contributed by atoms with van der Waals surface area (Å²) >= 11 is 0. The van der Waals surface area contributed by atoms with Crippen molar-refractivity contribution in [1.82, 2.24) is 15.0 Å². The second kappa shape index (κ2) is 6.65. The van der Waals surface area contributed by atoms with E-state index in [1.54, 1.807) is 19.4 Å². The minimum absolute atomic E-state index is 0.0787. The lowest BCUT2D eigenvalue weighted by molar-refractivity contribution is -0.0168. The van der Waals surface area contributed by atoms with Gasteiger partial charge >= 0.3 is 0 Å². The van der Waals surface area contributed by atoms with Crippen LogP contribution in [0.5, 0.6) is 0 Å². The number of carbonyl (C=O) groups is 1. The van der Waals surface area contributed by atoms with E-state index in [0.717, 1.165) is 37.5 Å². The second-order valence-electron chi connectivity index (χ2n) is 6.90. The predicted molar refractivity (Wildman–Crippen MR) is 89.0 cm³/mol. The topological polar surface area (TPSA) is 72.0 Å². The highest BCUT2D eigenvalue weighted by molar-refractivity contribution is 5.91. The summed E-state index contributed by atoms with van der Waals surface area (Å²) in [5.74, 6) is 1.47. The van der Waals surface area contributed by atoms with E-state index in [-0.39, 0.29) is 18.1 Å². The third-order valence-corrected chi connectivity index (χ3v) is 5.30. The standard InChI is InChI=1S/C18H23N3O4/c1-12-8-17(25-19-12)18(22)21-6-5-16(23-2)14-10-20(11-15(14)21)9-13-4-3-7-24-13/h3-4,7-8,14-16H,5-6,9-11H2,1-2H3/t14-,15+,16-/m1/s1. The van der Waals surface area contributed by atoms with Crippen molar-refractivity contribution in [3.63, 3.8) is 0 Å². The number of likely N-dealkylation sites (tertiary alicyclic amines) is 2. The average Bonchev–Trinajstić information content (AvgIpc) is 3.34. The fourth-order valence-electron chi connectivity index (χ4n) is 4.14. The van der Waals surface area contributed by atoms with E-state index in [1.165, 1.54) is 0 Å². The molecule has 0 aliphatic carbocycles. The van der Waals surface area contributed by atoms with Gasteiger partial charge in [-0.15, -0.1) is 0 Å². The maximum Gasteiger partial charge on any atom is 0.292 e. The molecule has 3 atom stereocenters. The fourth-order valence-corrected chi connectivity index (χ4v) is 4.14. The van der Waals surface area contributed by atoms with Crippen LogP contribution in [-0.2, 0) is 11.3 Å². The van der Waals surface area contributed by atoms with Gasteiger partial charge in [-0.05, 0) is 25.5 Å². The molecule has 2 aromatic heterocycles. The minimum Gasteiger partial charge on any atom is -0.468 e. The first-order valence-electron chi connectivity index (χ1n) is 8.67. The van der Waals surface area contributed by atoms with Crippen LogP contribution in [-0.4, -0.2) is 59.8 Å². The van der Waals surface area contributed by atoms with Crippen LogP contribution < -0.4 is 0 Å². The molecule has 0 radical (unpaired) electrons. The lowest BCUT2D eigenvalue weighted by Gasteiger charge is -2.40. The Balaban J connectivity index is 1.53. The number of ether oxygens (including phenoxy) is 1. The summed E-state index contributed by atoms with van der Waals surface area (Å²) in [6.45, 7) is 4.95. The van der Waals surface area contributed by atoms with Crippen molar-refractivity contribution < 1.29 is 18.5 Å². The molecule has 2 aromatic rings. The highest BCUT2D eigenvalue weighted by atomic mass is 16.5. The molecule has 0 unspecified atom stereocenters. The lowest BCUT2D eigenvalue weighted by atomic mass is 9.89. The molecule has 4 heterocycles. The van der Waals surface area contributed by atoms with Crippen molar-refractivity contribution >= 4 is 5.91 Å². The van der Waals surface area contributed by atoms with Crippen LogP contribution in [0.3, 0.4) is 0 Å². The molecular weight excluding hydrogens is 322 g/mol. The first-order chi connectivity index (χ1) is 12.2. The van der Waals surface area contributed by atoms with E-state index in [9.17, 15) is 4.79 Å². The Kier molecular flexibility index (Phi) is 4.35. The van der Waals surface area contributed by atoms with Gasteiger partial charge < -0.3 is 18.6 Å². The normalized spacial score (nSPS) is 26.8. The highest BCUT2D eigenvalue weighted by Gasteiger charge is 2.46. The van der Waals surface area contributed by atoms with Gasteiger partial charge in [-0.1, -0.05) is 5.16 Å². The highest BCUT2D eigenvalue weighted by Crippen LogP contribution is 2.34. The zero-order valence-electron chi connectivity index (χ0n) is 14.6. The number of aromatic nitrogens is 1. The smallest absolute Gasteiger partial charge is 0.292 e. The molecule has 1 amide bonds. The largest absolute Gasteiger partial charge is 0.468 e. The number of carbonyl (C=O) groups excluding carboxylic acids is 1. The predicted octanol–water partition coefficient (Wildman–Crippen LogP) is 1.94. The number of aryl methyl sites for hydroxylation is 1. The Labute approximate surface area is 146 Å². The first kappa shape index (κ1) is 16.4. The van der Waals surface area contributed by atoms with Gasteiger partial charge in [0.2, 0.25) is 5.76 Å². The zero-order valence-corrected chi connectivity index (χ0v) is 14.6. The molecule has 0 spiro atoms. The van der Waals surface area contributed by atoms with Gasteiger partial charge in [-0.25, -0.2) is 0 Å². The molecule has 2 aliphatic rings. The third-order valence-electron chi connectivity index (χ3n) is 5.30. The van der Waals surface area contributed by atoms with Crippen molar-refractivity contribution in [1.29, 1.82) is 0 Å².